The van der Waals surface area contributed by atoms with E-state index in [0.29, 0.717) is 15.4 Å². The van der Waals surface area contributed by atoms with Crippen molar-refractivity contribution in [3.05, 3.63) is 108 Å². The minimum atomic E-state index is 0. The van der Waals surface area contributed by atoms with Gasteiger partial charge < -0.3 is 24.8 Å². The van der Waals surface area contributed by atoms with E-state index in [4.69, 9.17) is 0 Å². The van der Waals surface area contributed by atoms with E-state index in [9.17, 15) is 0 Å². The summed E-state index contributed by atoms with van der Waals surface area (Å²) in [5, 5.41) is 8.32. The number of hydrogen-bond donors (Lipinski definition) is 0. The first-order valence-electron chi connectivity index (χ1n) is 11.2. The fourth-order valence-corrected chi connectivity index (χ4v) is 4.86. The molecule has 4 heteroatoms. The monoisotopic (exact) mass is 626 g/mol. The second-order valence-electron chi connectivity index (χ2n) is 7.83. The van der Waals surface area contributed by atoms with Crippen molar-refractivity contribution < 1.29 is 51.0 Å². The Bertz CT molecular complexity index is 1170. The third kappa shape index (κ3) is 9.50. The van der Waals surface area contributed by atoms with Crippen molar-refractivity contribution in [3.63, 3.8) is 0 Å². The molecule has 0 fully saturated rings. The van der Waals surface area contributed by atoms with Crippen LogP contribution in [0, 0.1) is 13.8 Å². The standard InChI is InChI=1S/C16H13.C10H9.C4H10Ge.2ClH.Zr/c1-12-10-14-8-5-9-15(16(14)11-12)13-6-3-2-4-7-13;1-8-6-9-4-2-3-5-10(9)7-8;1-3-5-4-2;;;/h2-11H,1H3;2-7H,1H3;3-4H2,1-2H3;2*1H;/q2*-1;;;;+4/p-2. The van der Waals surface area contributed by atoms with Crippen molar-refractivity contribution in [2.45, 2.75) is 38.2 Å². The maximum absolute atomic E-state index is 2.27. The predicted molar refractivity (Wildman–Crippen MR) is 141 cm³/mol. The molecule has 0 aliphatic rings. The molecule has 0 aliphatic heterocycles. The average Bonchev–Trinajstić information content (AvgIpc) is 3.36. The minimum absolute atomic E-state index is 0. The van der Waals surface area contributed by atoms with E-state index in [-0.39, 0.29) is 51.0 Å². The van der Waals surface area contributed by atoms with Crippen LogP contribution < -0.4 is 24.8 Å². The van der Waals surface area contributed by atoms with Gasteiger partial charge >= 0.3 is 66.0 Å². The molecule has 0 heterocycles. The molecule has 0 unspecified atom stereocenters. The Morgan fingerprint density at radius 1 is 0.647 bits per heavy atom. The van der Waals surface area contributed by atoms with Gasteiger partial charge in [0.1, 0.15) is 0 Å². The molecule has 0 N–H and O–H groups in total. The molecule has 5 rings (SSSR count). The van der Waals surface area contributed by atoms with Crippen molar-refractivity contribution >= 4 is 37.0 Å². The van der Waals surface area contributed by atoms with Gasteiger partial charge in [0.25, 0.3) is 0 Å². The second-order valence-corrected chi connectivity index (χ2v) is 11.8. The SMILES string of the molecule is C[CH2][Ge][CH2]C.Cc1cc2c(-c3ccccc3)cccc2[cH-]1.Cc1cc2ccccc2[cH-]1.[Cl-].[Cl-].[Zr+4]. The first kappa shape index (κ1) is 32.9. The molecular weight excluding hydrogens is 595 g/mol. The normalized spacial score (nSPS) is 9.41. The van der Waals surface area contributed by atoms with Crippen LogP contribution >= 0.6 is 0 Å². The van der Waals surface area contributed by atoms with Gasteiger partial charge in [0.05, 0.1) is 0 Å². The summed E-state index contributed by atoms with van der Waals surface area (Å²) in [6.07, 6.45) is 0. The van der Waals surface area contributed by atoms with Crippen LogP contribution in [0.4, 0.5) is 0 Å². The van der Waals surface area contributed by atoms with Crippen LogP contribution in [0.25, 0.3) is 32.7 Å². The Hall–Kier alpha value is -1.11. The van der Waals surface area contributed by atoms with Crippen LogP contribution in [0.15, 0.2) is 97.1 Å². The number of fused-ring (bicyclic) bond motifs is 2. The number of hydrogen-bond acceptors (Lipinski definition) is 0. The summed E-state index contributed by atoms with van der Waals surface area (Å²) in [5.41, 5.74) is 5.30. The molecule has 2 radical (unpaired) electrons. The largest absolute Gasteiger partial charge is 4.00 e. The molecule has 0 bridgehead atoms. The fourth-order valence-electron chi connectivity index (χ4n) is 3.81. The molecule has 174 valence electrons. The van der Waals surface area contributed by atoms with Gasteiger partial charge in [0.15, 0.2) is 0 Å². The topological polar surface area (TPSA) is 0 Å². The zero-order chi connectivity index (χ0) is 22.1. The summed E-state index contributed by atoms with van der Waals surface area (Å²) in [6, 6.07) is 34.4. The predicted octanol–water partition coefficient (Wildman–Crippen LogP) is 2.97. The van der Waals surface area contributed by atoms with E-state index in [1.165, 1.54) is 54.3 Å². The molecule has 0 aromatic heterocycles. The van der Waals surface area contributed by atoms with Gasteiger partial charge in [-0.15, -0.1) is 75.1 Å². The van der Waals surface area contributed by atoms with Crippen LogP contribution in [0.1, 0.15) is 25.0 Å². The number of aryl methyl sites for hydroxylation is 2. The average molecular weight is 627 g/mol. The molecule has 0 aliphatic carbocycles. The number of rotatable bonds is 3. The summed E-state index contributed by atoms with van der Waals surface area (Å²) in [5.74, 6) is 0. The Labute approximate surface area is 243 Å². The van der Waals surface area contributed by atoms with Crippen LogP contribution in [0.5, 0.6) is 0 Å². The maximum Gasteiger partial charge on any atom is 4.00 e. The third-order valence-corrected chi connectivity index (χ3v) is 7.34. The van der Waals surface area contributed by atoms with Crippen LogP contribution in [-0.2, 0) is 26.2 Å². The minimum Gasteiger partial charge on any atom is -1.00 e. The molecule has 0 nitrogen and oxygen atoms in total. The molecule has 0 spiro atoms. The zero-order valence-corrected chi connectivity index (χ0v) is 26.5. The van der Waals surface area contributed by atoms with Gasteiger partial charge in [0.2, 0.25) is 0 Å². The quantitative estimate of drug-likeness (QED) is 0.214. The fraction of sp³-hybridized carbons (Fsp3) is 0.200. The van der Waals surface area contributed by atoms with E-state index in [0.717, 1.165) is 0 Å². The molecule has 0 saturated heterocycles. The molecule has 0 atom stereocenters. The van der Waals surface area contributed by atoms with Crippen molar-refractivity contribution in [2.75, 3.05) is 0 Å². The maximum atomic E-state index is 2.27. The molecule has 34 heavy (non-hydrogen) atoms. The van der Waals surface area contributed by atoms with Crippen molar-refractivity contribution in [1.29, 1.82) is 0 Å². The second kappa shape index (κ2) is 17.3. The molecule has 0 saturated carbocycles. The smallest absolute Gasteiger partial charge is 1.00 e. The van der Waals surface area contributed by atoms with Gasteiger partial charge in [-0.1, -0.05) is 61.9 Å². The van der Waals surface area contributed by atoms with Gasteiger partial charge in [-0.2, -0.15) is 12.1 Å². The van der Waals surface area contributed by atoms with Gasteiger partial charge in [-0.3, -0.25) is 0 Å². The number of halogens is 2. The summed E-state index contributed by atoms with van der Waals surface area (Å²) in [4.78, 5) is 0. The van der Waals surface area contributed by atoms with Gasteiger partial charge in [-0.25, -0.2) is 0 Å². The van der Waals surface area contributed by atoms with Crippen molar-refractivity contribution in [2.24, 2.45) is 0 Å². The zero-order valence-electron chi connectivity index (χ0n) is 20.4. The Morgan fingerprint density at radius 2 is 1.21 bits per heavy atom. The van der Waals surface area contributed by atoms with E-state index in [1.54, 1.807) is 0 Å². The van der Waals surface area contributed by atoms with Crippen LogP contribution in [0.2, 0.25) is 10.5 Å². The summed E-state index contributed by atoms with van der Waals surface area (Å²) in [7, 11) is 0. The van der Waals surface area contributed by atoms with Crippen molar-refractivity contribution in [3.8, 4) is 11.1 Å². The Morgan fingerprint density at radius 3 is 1.82 bits per heavy atom. The van der Waals surface area contributed by atoms with E-state index >= 15 is 0 Å². The third-order valence-electron chi connectivity index (χ3n) is 5.24. The van der Waals surface area contributed by atoms with Crippen LogP contribution in [0.3, 0.4) is 0 Å². The van der Waals surface area contributed by atoms with Crippen LogP contribution in [-0.4, -0.2) is 15.4 Å². The summed E-state index contributed by atoms with van der Waals surface area (Å²) in [6.45, 7) is 8.81. The van der Waals surface area contributed by atoms with E-state index in [2.05, 4.69) is 125 Å². The first-order chi connectivity index (χ1) is 15.1. The van der Waals surface area contributed by atoms with E-state index < -0.39 is 0 Å². The van der Waals surface area contributed by atoms with Crippen molar-refractivity contribution in [1.82, 2.24) is 0 Å². The molecule has 0 amide bonds. The Balaban J connectivity index is 0.000000527. The molecule has 5 aromatic rings. The number of benzene rings is 3. The van der Waals surface area contributed by atoms with Gasteiger partial charge in [0, 0.05) is 0 Å². The first-order valence-corrected chi connectivity index (χ1v) is 14.1. The van der Waals surface area contributed by atoms with Gasteiger partial charge in [-0.05, 0) is 5.56 Å². The van der Waals surface area contributed by atoms with E-state index in [1.807, 2.05) is 0 Å². The summed E-state index contributed by atoms with van der Waals surface area (Å²) < 4.78 is 0. The Kier molecular flexibility index (Phi) is 16.8. The molecular formula is C30H32Cl2GeZr. The molecule has 5 aromatic carbocycles. The summed E-state index contributed by atoms with van der Waals surface area (Å²) >= 11 is 0.528.